The third kappa shape index (κ3) is 2.42. The van der Waals surface area contributed by atoms with Crippen molar-refractivity contribution in [2.24, 2.45) is 0 Å². The van der Waals surface area contributed by atoms with Crippen LogP contribution in [0.2, 0.25) is 0 Å². The van der Waals surface area contributed by atoms with Crippen molar-refractivity contribution in [2.45, 2.75) is 6.42 Å². The zero-order valence-corrected chi connectivity index (χ0v) is 7.92. The van der Waals surface area contributed by atoms with Gasteiger partial charge in [0.25, 0.3) is 0 Å². The van der Waals surface area contributed by atoms with E-state index in [1.54, 1.807) is 6.07 Å². The number of hydrogen-bond acceptors (Lipinski definition) is 2. The molecule has 0 fully saturated rings. The third-order valence-corrected chi connectivity index (χ3v) is 1.82. The van der Waals surface area contributed by atoms with Crippen molar-refractivity contribution in [2.75, 3.05) is 7.11 Å². The summed E-state index contributed by atoms with van der Waals surface area (Å²) in [6.07, 6.45) is 1.40. The first-order chi connectivity index (χ1) is 6.67. The Morgan fingerprint density at radius 3 is 2.86 bits per heavy atom. The number of halogens is 1. The molecule has 0 atom stereocenters. The molecule has 0 aliphatic heterocycles. The molecule has 0 saturated heterocycles. The molecule has 0 heterocycles. The van der Waals surface area contributed by atoms with Crippen LogP contribution in [0.25, 0.3) is 0 Å². The summed E-state index contributed by atoms with van der Waals surface area (Å²) in [4.78, 5) is 11.0. The van der Waals surface area contributed by atoms with Crippen molar-refractivity contribution in [1.29, 1.82) is 0 Å². The van der Waals surface area contributed by atoms with Crippen LogP contribution in [-0.2, 0) is 11.2 Å². The zero-order valence-electron chi connectivity index (χ0n) is 7.92. The monoisotopic (exact) mass is 194 g/mol. The summed E-state index contributed by atoms with van der Waals surface area (Å²) < 4.78 is 17.9. The van der Waals surface area contributed by atoms with Crippen LogP contribution in [0, 0.1) is 5.82 Å². The fourth-order valence-corrected chi connectivity index (χ4v) is 1.09. The number of hydrogen-bond donors (Lipinski definition) is 0. The molecule has 1 rings (SSSR count). The van der Waals surface area contributed by atoms with Crippen LogP contribution in [-0.4, -0.2) is 12.9 Å². The minimum absolute atomic E-state index is 0.130. The predicted octanol–water partition coefficient (Wildman–Crippen LogP) is 2.13. The van der Waals surface area contributed by atoms with Gasteiger partial charge in [-0.25, -0.2) is 4.39 Å². The number of ether oxygens (including phenoxy) is 1. The second kappa shape index (κ2) is 4.56. The maximum atomic E-state index is 13.1. The molecule has 2 nitrogen and oxygen atoms in total. The highest BCUT2D eigenvalue weighted by molar-refractivity contribution is 5.90. The number of methoxy groups -OCH3 is 1. The Hall–Kier alpha value is -1.64. The summed E-state index contributed by atoms with van der Waals surface area (Å²) in [5.41, 5.74) is 0.619. The van der Waals surface area contributed by atoms with E-state index >= 15 is 0 Å². The first-order valence-electron chi connectivity index (χ1n) is 4.15. The van der Waals surface area contributed by atoms with Crippen LogP contribution in [0.4, 0.5) is 4.39 Å². The van der Waals surface area contributed by atoms with Gasteiger partial charge in [0.2, 0.25) is 0 Å². The van der Waals surface area contributed by atoms with E-state index in [9.17, 15) is 9.18 Å². The van der Waals surface area contributed by atoms with Gasteiger partial charge in [-0.2, -0.15) is 0 Å². The summed E-state index contributed by atoms with van der Waals surface area (Å²) in [6, 6.07) is 4.45. The van der Waals surface area contributed by atoms with Gasteiger partial charge in [-0.3, -0.25) is 4.79 Å². The highest BCUT2D eigenvalue weighted by Gasteiger charge is 2.05. The van der Waals surface area contributed by atoms with Gasteiger partial charge in [-0.15, -0.1) is 0 Å². The highest BCUT2D eigenvalue weighted by Crippen LogP contribution is 2.17. The lowest BCUT2D eigenvalue weighted by molar-refractivity contribution is -0.114. The molecule has 0 N–H and O–H groups in total. The molecule has 0 aromatic heterocycles. The number of benzene rings is 1. The van der Waals surface area contributed by atoms with E-state index in [0.29, 0.717) is 5.56 Å². The molecule has 0 aliphatic carbocycles. The Kier molecular flexibility index (Phi) is 3.40. The second-order valence-electron chi connectivity index (χ2n) is 2.82. The Labute approximate surface area is 82.0 Å². The van der Waals surface area contributed by atoms with E-state index < -0.39 is 5.82 Å². The summed E-state index contributed by atoms with van der Waals surface area (Å²) in [6.45, 7) is 3.34. The Morgan fingerprint density at radius 1 is 1.64 bits per heavy atom. The molecule has 3 heteroatoms. The molecular weight excluding hydrogens is 183 g/mol. The minimum atomic E-state index is -0.457. The van der Waals surface area contributed by atoms with Crippen LogP contribution < -0.4 is 4.74 Å². The molecule has 0 amide bonds. The van der Waals surface area contributed by atoms with E-state index in [4.69, 9.17) is 4.74 Å². The van der Waals surface area contributed by atoms with Crippen molar-refractivity contribution in [3.63, 3.8) is 0 Å². The van der Waals surface area contributed by atoms with Gasteiger partial charge in [0.1, 0.15) is 0 Å². The topological polar surface area (TPSA) is 26.3 Å². The van der Waals surface area contributed by atoms with Gasteiger partial charge in [-0.1, -0.05) is 12.6 Å². The van der Waals surface area contributed by atoms with Crippen LogP contribution in [0.5, 0.6) is 5.75 Å². The minimum Gasteiger partial charge on any atom is -0.494 e. The Bertz CT molecular complexity index is 358. The lowest BCUT2D eigenvalue weighted by atomic mass is 10.1. The first kappa shape index (κ1) is 10.4. The van der Waals surface area contributed by atoms with E-state index in [1.807, 2.05) is 0 Å². The summed E-state index contributed by atoms with van der Waals surface area (Å²) in [5.74, 6) is -0.406. The smallest absolute Gasteiger partial charge is 0.165 e. The van der Waals surface area contributed by atoms with Crippen molar-refractivity contribution in [1.82, 2.24) is 0 Å². The maximum absolute atomic E-state index is 13.1. The Balaban J connectivity index is 2.86. The average Bonchev–Trinajstić information content (AvgIpc) is 2.18. The van der Waals surface area contributed by atoms with Crippen molar-refractivity contribution < 1.29 is 13.9 Å². The fraction of sp³-hybridized carbons (Fsp3) is 0.182. The summed E-state index contributed by atoms with van der Waals surface area (Å²) in [7, 11) is 1.40. The number of rotatable bonds is 4. The lowest BCUT2D eigenvalue weighted by Gasteiger charge is -2.03. The molecule has 0 bridgehead atoms. The van der Waals surface area contributed by atoms with Crippen LogP contribution >= 0.6 is 0 Å². The SMILES string of the molecule is C=CC(=O)Cc1ccc(OC)c(F)c1. The first-order valence-corrected chi connectivity index (χ1v) is 4.15. The molecule has 0 aliphatic rings. The average molecular weight is 194 g/mol. The molecule has 0 unspecified atom stereocenters. The molecule has 14 heavy (non-hydrogen) atoms. The maximum Gasteiger partial charge on any atom is 0.165 e. The number of carbonyl (C=O) groups is 1. The zero-order chi connectivity index (χ0) is 10.6. The van der Waals surface area contributed by atoms with Crippen molar-refractivity contribution in [3.8, 4) is 5.75 Å². The molecule has 1 aromatic rings. The summed E-state index contributed by atoms with van der Waals surface area (Å²) in [5, 5.41) is 0. The van der Waals surface area contributed by atoms with Gasteiger partial charge in [0.15, 0.2) is 17.3 Å². The van der Waals surface area contributed by atoms with Gasteiger partial charge in [0.05, 0.1) is 7.11 Å². The van der Waals surface area contributed by atoms with E-state index in [1.165, 1.54) is 25.3 Å². The normalized spacial score (nSPS) is 9.57. The van der Waals surface area contributed by atoms with Gasteiger partial charge < -0.3 is 4.74 Å². The quantitative estimate of drug-likeness (QED) is 0.686. The number of carbonyl (C=O) groups excluding carboxylic acids is 1. The third-order valence-electron chi connectivity index (χ3n) is 1.82. The molecule has 74 valence electrons. The van der Waals surface area contributed by atoms with E-state index in [-0.39, 0.29) is 18.0 Å². The second-order valence-corrected chi connectivity index (χ2v) is 2.82. The fourth-order valence-electron chi connectivity index (χ4n) is 1.09. The lowest BCUT2D eigenvalue weighted by Crippen LogP contribution is -1.99. The van der Waals surface area contributed by atoms with Crippen molar-refractivity contribution >= 4 is 5.78 Å². The predicted molar refractivity (Wildman–Crippen MR) is 51.9 cm³/mol. The number of ketones is 1. The molecule has 1 aromatic carbocycles. The Morgan fingerprint density at radius 2 is 2.36 bits per heavy atom. The molecule has 0 saturated carbocycles. The number of allylic oxidation sites excluding steroid dienone is 1. The largest absolute Gasteiger partial charge is 0.494 e. The molecule has 0 spiro atoms. The molecular formula is C11H11FO2. The van der Waals surface area contributed by atoms with Crippen LogP contribution in [0.15, 0.2) is 30.9 Å². The van der Waals surface area contributed by atoms with Crippen molar-refractivity contribution in [3.05, 3.63) is 42.2 Å². The van der Waals surface area contributed by atoms with Crippen LogP contribution in [0.3, 0.4) is 0 Å². The van der Waals surface area contributed by atoms with Crippen LogP contribution in [0.1, 0.15) is 5.56 Å². The molecule has 0 radical (unpaired) electrons. The van der Waals surface area contributed by atoms with E-state index in [2.05, 4.69) is 6.58 Å². The standard InChI is InChI=1S/C11H11FO2/c1-3-9(13)6-8-4-5-11(14-2)10(12)7-8/h3-5,7H,1,6H2,2H3. The van der Waals surface area contributed by atoms with Gasteiger partial charge in [-0.05, 0) is 23.8 Å². The van der Waals surface area contributed by atoms with E-state index in [0.717, 1.165) is 0 Å². The summed E-state index contributed by atoms with van der Waals surface area (Å²) >= 11 is 0. The highest BCUT2D eigenvalue weighted by atomic mass is 19.1. The van der Waals surface area contributed by atoms with Gasteiger partial charge in [0, 0.05) is 6.42 Å². The van der Waals surface area contributed by atoms with Gasteiger partial charge >= 0.3 is 0 Å².